The molecule has 0 bridgehead atoms. The second-order valence-corrected chi connectivity index (χ2v) is 6.50. The molecular weight excluding hydrogens is 280 g/mol. The Kier molecular flexibility index (Phi) is 5.76. The summed E-state index contributed by atoms with van der Waals surface area (Å²) >= 11 is 1.79. The van der Waals surface area contributed by atoms with E-state index in [4.69, 9.17) is 4.74 Å². The highest BCUT2D eigenvalue weighted by Gasteiger charge is 2.14. The normalized spacial score (nSPS) is 12.4. The molecule has 1 aromatic heterocycles. The van der Waals surface area contributed by atoms with Gasteiger partial charge in [0.2, 0.25) is 0 Å². The molecule has 1 aromatic carbocycles. The first-order valence-corrected chi connectivity index (χ1v) is 8.28. The topological polar surface area (TPSA) is 34.1 Å². The number of hydrogen-bond donors (Lipinski definition) is 1. The highest BCUT2D eigenvalue weighted by atomic mass is 32.1. The van der Waals surface area contributed by atoms with E-state index in [9.17, 15) is 0 Å². The summed E-state index contributed by atoms with van der Waals surface area (Å²) in [5.41, 5.74) is 2.39. The number of thiazole rings is 1. The van der Waals surface area contributed by atoms with E-state index in [1.807, 2.05) is 13.1 Å². The summed E-state index contributed by atoms with van der Waals surface area (Å²) in [6.45, 7) is 7.08. The third kappa shape index (κ3) is 4.29. The van der Waals surface area contributed by atoms with Gasteiger partial charge in [-0.15, -0.1) is 11.3 Å². The number of nitrogens with one attached hydrogen (secondary N) is 1. The molecule has 0 saturated carbocycles. The maximum atomic E-state index is 5.72. The zero-order valence-corrected chi connectivity index (χ0v) is 14.1. The lowest BCUT2D eigenvalue weighted by atomic mass is 10.0. The van der Waals surface area contributed by atoms with Gasteiger partial charge in [-0.2, -0.15) is 0 Å². The molecule has 2 aromatic rings. The summed E-state index contributed by atoms with van der Waals surface area (Å²) < 4.78 is 5.72. The molecule has 3 nitrogen and oxygen atoms in total. The standard InChI is InChI=1S/C17H24N2OS/c1-5-9-20-15-8-6-7-14(10-15)16(18-4)11-17-19-12(2)13(3)21-17/h6-8,10,16,18H,5,9,11H2,1-4H3. The second kappa shape index (κ2) is 7.57. The maximum Gasteiger partial charge on any atom is 0.119 e. The third-order valence-corrected chi connectivity index (χ3v) is 4.63. The summed E-state index contributed by atoms with van der Waals surface area (Å²) in [4.78, 5) is 5.95. The first kappa shape index (κ1) is 16.0. The van der Waals surface area contributed by atoms with Gasteiger partial charge < -0.3 is 10.1 Å². The summed E-state index contributed by atoms with van der Waals surface area (Å²) in [7, 11) is 2.00. The first-order chi connectivity index (χ1) is 10.1. The Morgan fingerprint density at radius 2 is 2.14 bits per heavy atom. The van der Waals surface area contributed by atoms with Crippen LogP contribution in [0.15, 0.2) is 24.3 Å². The second-order valence-electron chi connectivity index (χ2n) is 5.22. The molecule has 0 aliphatic rings. The van der Waals surface area contributed by atoms with Crippen LogP contribution in [0.1, 0.15) is 40.5 Å². The largest absolute Gasteiger partial charge is 0.494 e. The average molecular weight is 304 g/mol. The average Bonchev–Trinajstić information content (AvgIpc) is 2.81. The Labute approximate surface area is 131 Å². The van der Waals surface area contributed by atoms with E-state index in [1.54, 1.807) is 11.3 Å². The van der Waals surface area contributed by atoms with Gasteiger partial charge in [-0.3, -0.25) is 0 Å². The molecule has 1 N–H and O–H groups in total. The summed E-state index contributed by atoms with van der Waals surface area (Å²) in [5, 5.41) is 4.57. The SMILES string of the molecule is CCCOc1cccc(C(Cc2nc(C)c(C)s2)NC)c1. The van der Waals surface area contributed by atoms with Crippen LogP contribution in [0.3, 0.4) is 0 Å². The number of aryl methyl sites for hydroxylation is 2. The molecule has 0 spiro atoms. The smallest absolute Gasteiger partial charge is 0.119 e. The third-order valence-electron chi connectivity index (χ3n) is 3.53. The monoisotopic (exact) mass is 304 g/mol. The van der Waals surface area contributed by atoms with Crippen molar-refractivity contribution in [3.05, 3.63) is 45.4 Å². The molecule has 4 heteroatoms. The van der Waals surface area contributed by atoms with Crippen LogP contribution in [-0.4, -0.2) is 18.6 Å². The number of ether oxygens (including phenoxy) is 1. The van der Waals surface area contributed by atoms with Crippen molar-refractivity contribution in [3.63, 3.8) is 0 Å². The van der Waals surface area contributed by atoms with Gasteiger partial charge in [0.05, 0.1) is 17.3 Å². The van der Waals surface area contributed by atoms with Crippen LogP contribution in [0.5, 0.6) is 5.75 Å². The zero-order chi connectivity index (χ0) is 15.2. The van der Waals surface area contributed by atoms with Gasteiger partial charge in [-0.25, -0.2) is 4.98 Å². The highest BCUT2D eigenvalue weighted by Crippen LogP contribution is 2.25. The Morgan fingerprint density at radius 1 is 1.33 bits per heavy atom. The Bertz CT molecular complexity index is 560. The lowest BCUT2D eigenvalue weighted by Gasteiger charge is -2.16. The fourth-order valence-electron chi connectivity index (χ4n) is 2.23. The lowest BCUT2D eigenvalue weighted by Crippen LogP contribution is -2.18. The van der Waals surface area contributed by atoms with Crippen molar-refractivity contribution in [2.24, 2.45) is 0 Å². The Balaban J connectivity index is 2.13. The van der Waals surface area contributed by atoms with Crippen LogP contribution < -0.4 is 10.1 Å². The molecule has 1 unspecified atom stereocenters. The van der Waals surface area contributed by atoms with Crippen molar-refractivity contribution in [3.8, 4) is 5.75 Å². The van der Waals surface area contributed by atoms with E-state index in [0.717, 1.165) is 30.9 Å². The molecule has 114 valence electrons. The van der Waals surface area contributed by atoms with Gasteiger partial charge in [-0.05, 0) is 45.0 Å². The molecule has 0 aliphatic heterocycles. The highest BCUT2D eigenvalue weighted by molar-refractivity contribution is 7.11. The summed E-state index contributed by atoms with van der Waals surface area (Å²) in [5.74, 6) is 0.945. The maximum absolute atomic E-state index is 5.72. The van der Waals surface area contributed by atoms with E-state index in [2.05, 4.69) is 49.3 Å². The Morgan fingerprint density at radius 3 is 2.76 bits per heavy atom. The van der Waals surface area contributed by atoms with Crippen molar-refractivity contribution in [1.82, 2.24) is 10.3 Å². The number of hydrogen-bond acceptors (Lipinski definition) is 4. The molecule has 2 rings (SSSR count). The van der Waals surface area contributed by atoms with Crippen molar-refractivity contribution in [1.29, 1.82) is 0 Å². The van der Waals surface area contributed by atoms with Crippen LogP contribution in [0.2, 0.25) is 0 Å². The van der Waals surface area contributed by atoms with Crippen molar-refractivity contribution in [2.45, 2.75) is 39.7 Å². The van der Waals surface area contributed by atoms with Crippen LogP contribution in [0.25, 0.3) is 0 Å². The number of nitrogens with zero attached hydrogens (tertiary/aromatic N) is 1. The predicted molar refractivity (Wildman–Crippen MR) is 89.3 cm³/mol. The molecule has 21 heavy (non-hydrogen) atoms. The Hall–Kier alpha value is -1.39. The van der Waals surface area contributed by atoms with Gasteiger partial charge in [0.1, 0.15) is 5.75 Å². The number of rotatable bonds is 7. The number of benzene rings is 1. The van der Waals surface area contributed by atoms with Crippen LogP contribution >= 0.6 is 11.3 Å². The minimum absolute atomic E-state index is 0.264. The van der Waals surface area contributed by atoms with E-state index in [-0.39, 0.29) is 6.04 Å². The van der Waals surface area contributed by atoms with Crippen molar-refractivity contribution in [2.75, 3.05) is 13.7 Å². The van der Waals surface area contributed by atoms with E-state index in [0.29, 0.717) is 0 Å². The molecular formula is C17H24N2OS. The summed E-state index contributed by atoms with van der Waals surface area (Å²) in [6.07, 6.45) is 1.93. The molecule has 0 fully saturated rings. The van der Waals surface area contributed by atoms with E-state index >= 15 is 0 Å². The van der Waals surface area contributed by atoms with Crippen molar-refractivity contribution >= 4 is 11.3 Å². The molecule has 0 amide bonds. The van der Waals surface area contributed by atoms with Crippen LogP contribution in [0.4, 0.5) is 0 Å². The van der Waals surface area contributed by atoms with Crippen LogP contribution in [0, 0.1) is 13.8 Å². The van der Waals surface area contributed by atoms with Crippen molar-refractivity contribution < 1.29 is 4.74 Å². The van der Waals surface area contributed by atoms with Gasteiger partial charge in [0, 0.05) is 17.3 Å². The van der Waals surface area contributed by atoms with Gasteiger partial charge in [-0.1, -0.05) is 19.1 Å². The minimum atomic E-state index is 0.264. The summed E-state index contributed by atoms with van der Waals surface area (Å²) in [6, 6.07) is 8.62. The molecule has 0 aliphatic carbocycles. The number of aromatic nitrogens is 1. The molecule has 0 radical (unpaired) electrons. The van der Waals surface area contributed by atoms with Crippen LogP contribution in [-0.2, 0) is 6.42 Å². The molecule has 1 atom stereocenters. The number of likely N-dealkylation sites (N-methyl/N-ethyl adjacent to an activating group) is 1. The molecule has 0 saturated heterocycles. The van der Waals surface area contributed by atoms with E-state index < -0.39 is 0 Å². The van der Waals surface area contributed by atoms with Gasteiger partial charge in [0.15, 0.2) is 0 Å². The fraction of sp³-hybridized carbons (Fsp3) is 0.471. The lowest BCUT2D eigenvalue weighted by molar-refractivity contribution is 0.317. The predicted octanol–water partition coefficient (Wildman–Crippen LogP) is 4.05. The quantitative estimate of drug-likeness (QED) is 0.838. The first-order valence-electron chi connectivity index (χ1n) is 7.47. The van der Waals surface area contributed by atoms with Gasteiger partial charge >= 0.3 is 0 Å². The molecule has 1 heterocycles. The zero-order valence-electron chi connectivity index (χ0n) is 13.3. The minimum Gasteiger partial charge on any atom is -0.494 e. The van der Waals surface area contributed by atoms with E-state index in [1.165, 1.54) is 15.4 Å². The van der Waals surface area contributed by atoms with Gasteiger partial charge in [0.25, 0.3) is 0 Å². The fourth-order valence-corrected chi connectivity index (χ4v) is 3.21.